The minimum atomic E-state index is -0.335. The molecule has 1 fully saturated rings. The van der Waals surface area contributed by atoms with Crippen LogP contribution in [0.15, 0.2) is 41.2 Å². The van der Waals surface area contributed by atoms with Gasteiger partial charge in [0.25, 0.3) is 11.8 Å². The molecule has 1 aromatic carbocycles. The number of nitrogens with zero attached hydrogens (tertiary/aromatic N) is 5. The van der Waals surface area contributed by atoms with Gasteiger partial charge in [-0.25, -0.2) is 9.37 Å². The average molecular weight is 397 g/mol. The van der Waals surface area contributed by atoms with E-state index < -0.39 is 0 Å². The van der Waals surface area contributed by atoms with E-state index in [-0.39, 0.29) is 30.3 Å². The number of carbonyl (C=O) groups excluding carboxylic acids is 1. The summed E-state index contributed by atoms with van der Waals surface area (Å²) >= 11 is 0. The molecule has 9 heteroatoms. The van der Waals surface area contributed by atoms with Crippen molar-refractivity contribution in [1.82, 2.24) is 25.0 Å². The Morgan fingerprint density at radius 1 is 1.24 bits per heavy atom. The number of piperidine rings is 1. The standard InChI is InChI=1S/C20H20FN5O3/c1-13-10-23-16(11-22-13)20(27)26-9-3-2-4-17(26)19-24-18(29-25-19)12-28-15-7-5-14(21)6-8-15/h5-8,10-11,17H,2-4,9,12H2,1H3. The van der Waals surface area contributed by atoms with Gasteiger partial charge in [-0.2, -0.15) is 4.98 Å². The summed E-state index contributed by atoms with van der Waals surface area (Å²) in [5, 5.41) is 4.05. The van der Waals surface area contributed by atoms with Crippen molar-refractivity contribution in [3.63, 3.8) is 0 Å². The molecular weight excluding hydrogens is 377 g/mol. The SMILES string of the molecule is Cc1cnc(C(=O)N2CCCCC2c2noc(COc3ccc(F)cc3)n2)cn1. The number of carbonyl (C=O) groups is 1. The van der Waals surface area contributed by atoms with Crippen molar-refractivity contribution >= 4 is 5.91 Å². The quantitative estimate of drug-likeness (QED) is 0.652. The van der Waals surface area contributed by atoms with E-state index in [1.54, 1.807) is 11.1 Å². The second-order valence-electron chi connectivity index (χ2n) is 6.84. The molecular formula is C20H20FN5O3. The summed E-state index contributed by atoms with van der Waals surface area (Å²) in [6, 6.07) is 5.39. The summed E-state index contributed by atoms with van der Waals surface area (Å²) < 4.78 is 23.8. The van der Waals surface area contributed by atoms with Crippen LogP contribution >= 0.6 is 0 Å². The Morgan fingerprint density at radius 2 is 2.07 bits per heavy atom. The summed E-state index contributed by atoms with van der Waals surface area (Å²) in [4.78, 5) is 27.4. The van der Waals surface area contributed by atoms with E-state index >= 15 is 0 Å². The zero-order valence-electron chi connectivity index (χ0n) is 15.9. The smallest absolute Gasteiger partial charge is 0.274 e. The number of ether oxygens (including phenoxy) is 1. The molecule has 3 aromatic rings. The molecule has 1 aliphatic heterocycles. The first-order valence-electron chi connectivity index (χ1n) is 9.40. The first kappa shape index (κ1) is 19.0. The molecule has 2 aromatic heterocycles. The Labute approximate surface area is 166 Å². The van der Waals surface area contributed by atoms with Crippen molar-refractivity contribution < 1.29 is 18.4 Å². The Balaban J connectivity index is 1.46. The molecule has 0 radical (unpaired) electrons. The predicted molar refractivity (Wildman–Crippen MR) is 99.4 cm³/mol. The fraction of sp³-hybridized carbons (Fsp3) is 0.350. The van der Waals surface area contributed by atoms with Gasteiger partial charge in [0, 0.05) is 12.7 Å². The number of amides is 1. The molecule has 3 heterocycles. The molecule has 1 amide bonds. The van der Waals surface area contributed by atoms with Gasteiger partial charge >= 0.3 is 0 Å². The molecule has 150 valence electrons. The normalized spacial score (nSPS) is 16.6. The van der Waals surface area contributed by atoms with Crippen LogP contribution in [0.3, 0.4) is 0 Å². The van der Waals surface area contributed by atoms with Gasteiger partial charge in [-0.15, -0.1) is 0 Å². The van der Waals surface area contributed by atoms with Crippen molar-refractivity contribution in [1.29, 1.82) is 0 Å². The Hall–Kier alpha value is -3.36. The number of hydrogen-bond acceptors (Lipinski definition) is 7. The predicted octanol–water partition coefficient (Wildman–Crippen LogP) is 3.25. The van der Waals surface area contributed by atoms with Gasteiger partial charge in [-0.05, 0) is 50.5 Å². The number of aromatic nitrogens is 4. The number of likely N-dealkylation sites (tertiary alicyclic amines) is 1. The van der Waals surface area contributed by atoms with Crippen LogP contribution in [-0.4, -0.2) is 37.5 Å². The van der Waals surface area contributed by atoms with E-state index in [2.05, 4.69) is 20.1 Å². The lowest BCUT2D eigenvalue weighted by molar-refractivity contribution is 0.0590. The van der Waals surface area contributed by atoms with Crippen molar-refractivity contribution in [2.45, 2.75) is 38.8 Å². The highest BCUT2D eigenvalue weighted by molar-refractivity contribution is 5.92. The molecule has 1 atom stereocenters. The van der Waals surface area contributed by atoms with Crippen molar-refractivity contribution in [3.8, 4) is 5.75 Å². The highest BCUT2D eigenvalue weighted by atomic mass is 19.1. The number of rotatable bonds is 5. The van der Waals surface area contributed by atoms with Crippen LogP contribution in [0, 0.1) is 12.7 Å². The molecule has 0 aliphatic carbocycles. The maximum absolute atomic E-state index is 13.0. The fourth-order valence-electron chi connectivity index (χ4n) is 3.23. The Morgan fingerprint density at radius 3 is 2.83 bits per heavy atom. The van der Waals surface area contributed by atoms with E-state index in [0.717, 1.165) is 25.0 Å². The van der Waals surface area contributed by atoms with E-state index in [0.29, 0.717) is 23.8 Å². The number of benzene rings is 1. The van der Waals surface area contributed by atoms with Gasteiger partial charge in [-0.3, -0.25) is 9.78 Å². The highest BCUT2D eigenvalue weighted by Crippen LogP contribution is 2.30. The van der Waals surface area contributed by atoms with E-state index in [9.17, 15) is 9.18 Å². The van der Waals surface area contributed by atoms with Crippen molar-refractivity contribution in [2.24, 2.45) is 0 Å². The van der Waals surface area contributed by atoms with Crippen LogP contribution in [0.25, 0.3) is 0 Å². The lowest BCUT2D eigenvalue weighted by Gasteiger charge is -2.33. The van der Waals surface area contributed by atoms with Gasteiger partial charge in [-0.1, -0.05) is 5.16 Å². The molecule has 1 unspecified atom stereocenters. The third kappa shape index (κ3) is 4.39. The van der Waals surface area contributed by atoms with Crippen LogP contribution in [0.4, 0.5) is 4.39 Å². The maximum atomic E-state index is 13.0. The number of halogens is 1. The third-order valence-corrected chi connectivity index (χ3v) is 4.72. The molecule has 0 saturated carbocycles. The zero-order chi connectivity index (χ0) is 20.2. The maximum Gasteiger partial charge on any atom is 0.274 e. The lowest BCUT2D eigenvalue weighted by Crippen LogP contribution is -2.39. The first-order chi connectivity index (χ1) is 14.1. The van der Waals surface area contributed by atoms with Crippen LogP contribution in [0.1, 0.15) is 53.2 Å². The highest BCUT2D eigenvalue weighted by Gasteiger charge is 2.32. The van der Waals surface area contributed by atoms with E-state index in [4.69, 9.17) is 9.26 Å². The summed E-state index contributed by atoms with van der Waals surface area (Å²) in [5.74, 6) is 0.695. The summed E-state index contributed by atoms with van der Waals surface area (Å²) in [6.45, 7) is 2.47. The molecule has 0 bridgehead atoms. The summed E-state index contributed by atoms with van der Waals surface area (Å²) in [6.07, 6.45) is 5.67. The van der Waals surface area contributed by atoms with Gasteiger partial charge < -0.3 is 14.2 Å². The van der Waals surface area contributed by atoms with E-state index in [1.165, 1.54) is 30.5 Å². The van der Waals surface area contributed by atoms with Crippen LogP contribution < -0.4 is 4.74 Å². The van der Waals surface area contributed by atoms with Gasteiger partial charge in [0.15, 0.2) is 12.4 Å². The molecule has 29 heavy (non-hydrogen) atoms. The number of hydrogen-bond donors (Lipinski definition) is 0. The molecule has 4 rings (SSSR count). The van der Waals surface area contributed by atoms with Gasteiger partial charge in [0.1, 0.15) is 17.3 Å². The minimum absolute atomic E-state index is 0.0583. The van der Waals surface area contributed by atoms with Gasteiger partial charge in [0.2, 0.25) is 0 Å². The zero-order valence-corrected chi connectivity index (χ0v) is 15.9. The van der Waals surface area contributed by atoms with E-state index in [1.807, 2.05) is 6.92 Å². The molecule has 0 spiro atoms. The summed E-state index contributed by atoms with van der Waals surface area (Å²) in [7, 11) is 0. The fourth-order valence-corrected chi connectivity index (χ4v) is 3.23. The molecule has 0 N–H and O–H groups in total. The summed E-state index contributed by atoms with van der Waals surface area (Å²) in [5.41, 5.74) is 1.05. The Bertz CT molecular complexity index is 975. The topological polar surface area (TPSA) is 94.2 Å². The second kappa shape index (κ2) is 8.34. The Kier molecular flexibility index (Phi) is 5.46. The second-order valence-corrected chi connectivity index (χ2v) is 6.84. The van der Waals surface area contributed by atoms with Crippen molar-refractivity contribution in [2.75, 3.05) is 6.54 Å². The molecule has 1 aliphatic rings. The minimum Gasteiger partial charge on any atom is -0.484 e. The average Bonchev–Trinajstić information content (AvgIpc) is 3.22. The third-order valence-electron chi connectivity index (χ3n) is 4.72. The van der Waals surface area contributed by atoms with Crippen LogP contribution in [0.2, 0.25) is 0 Å². The molecule has 8 nitrogen and oxygen atoms in total. The van der Waals surface area contributed by atoms with Crippen LogP contribution in [-0.2, 0) is 6.61 Å². The monoisotopic (exact) mass is 397 g/mol. The molecule has 1 saturated heterocycles. The van der Waals surface area contributed by atoms with Crippen molar-refractivity contribution in [3.05, 3.63) is 65.6 Å². The van der Waals surface area contributed by atoms with Crippen LogP contribution in [0.5, 0.6) is 5.75 Å². The lowest BCUT2D eigenvalue weighted by atomic mass is 10.0. The number of aryl methyl sites for hydroxylation is 1. The largest absolute Gasteiger partial charge is 0.484 e. The van der Waals surface area contributed by atoms with Gasteiger partial charge in [0.05, 0.1) is 17.9 Å². The first-order valence-corrected chi connectivity index (χ1v) is 9.40.